The van der Waals surface area contributed by atoms with Crippen molar-refractivity contribution >= 4 is 27.7 Å². The fourth-order valence-electron chi connectivity index (χ4n) is 3.44. The van der Waals surface area contributed by atoms with Crippen molar-refractivity contribution in [2.24, 2.45) is 5.92 Å². The highest BCUT2D eigenvalue weighted by atomic mass is 32.2. The number of aromatic amines is 1. The summed E-state index contributed by atoms with van der Waals surface area (Å²) in [5.74, 6) is -1.12. The maximum Gasteiger partial charge on any atom is 0.261 e. The van der Waals surface area contributed by atoms with Crippen LogP contribution in [0.1, 0.15) is 56.3 Å². The largest absolute Gasteiger partial charge is 0.351 e. The molecule has 1 aromatic heterocycles. The summed E-state index contributed by atoms with van der Waals surface area (Å²) in [5, 5.41) is 9.10. The van der Waals surface area contributed by atoms with Crippen LogP contribution in [0.2, 0.25) is 0 Å². The lowest BCUT2D eigenvalue weighted by molar-refractivity contribution is 0.0636. The van der Waals surface area contributed by atoms with Gasteiger partial charge in [0.25, 0.3) is 17.7 Å². The van der Waals surface area contributed by atoms with Crippen molar-refractivity contribution in [1.29, 1.82) is 0 Å². The van der Waals surface area contributed by atoms with E-state index < -0.39 is 21.8 Å². The first-order valence-electron chi connectivity index (χ1n) is 9.82. The van der Waals surface area contributed by atoms with Crippen LogP contribution in [-0.4, -0.2) is 60.9 Å². The molecule has 166 valence electrons. The molecule has 0 saturated carbocycles. The first-order chi connectivity index (χ1) is 14.5. The number of H-pyrrole nitrogens is 1. The summed E-state index contributed by atoms with van der Waals surface area (Å²) in [5.41, 5.74) is 1.48. The molecule has 3 N–H and O–H groups in total. The Hall–Kier alpha value is -3.05. The number of aromatic nitrogens is 2. The third kappa shape index (κ3) is 4.52. The SMILES string of the molecule is Cc1n[nH]c(C)c1S(=O)(=O)NCCNC(=O)c1ccc2c(c1)C(=O)N(CC(C)C)C2=O. The van der Waals surface area contributed by atoms with Crippen molar-refractivity contribution in [1.82, 2.24) is 25.1 Å². The molecule has 0 radical (unpaired) electrons. The number of hydrogen-bond acceptors (Lipinski definition) is 6. The van der Waals surface area contributed by atoms with Crippen LogP contribution in [0, 0.1) is 19.8 Å². The molecule has 2 heterocycles. The van der Waals surface area contributed by atoms with Crippen molar-refractivity contribution < 1.29 is 22.8 Å². The van der Waals surface area contributed by atoms with Gasteiger partial charge in [-0.25, -0.2) is 13.1 Å². The van der Waals surface area contributed by atoms with Gasteiger partial charge in [-0.15, -0.1) is 0 Å². The number of sulfonamides is 1. The number of imide groups is 1. The van der Waals surface area contributed by atoms with Gasteiger partial charge in [0, 0.05) is 25.2 Å². The Morgan fingerprint density at radius 3 is 2.42 bits per heavy atom. The van der Waals surface area contributed by atoms with Gasteiger partial charge in [0.1, 0.15) is 4.90 Å². The molecule has 0 spiro atoms. The van der Waals surface area contributed by atoms with E-state index >= 15 is 0 Å². The van der Waals surface area contributed by atoms with Crippen molar-refractivity contribution in [2.75, 3.05) is 19.6 Å². The predicted octanol–water partition coefficient (Wildman–Crippen LogP) is 0.987. The highest BCUT2D eigenvalue weighted by Crippen LogP contribution is 2.25. The van der Waals surface area contributed by atoms with Crippen molar-refractivity contribution in [3.8, 4) is 0 Å². The minimum atomic E-state index is -3.76. The van der Waals surface area contributed by atoms with Crippen molar-refractivity contribution in [3.63, 3.8) is 0 Å². The topological polar surface area (TPSA) is 141 Å². The number of aryl methyl sites for hydroxylation is 2. The molecule has 10 nitrogen and oxygen atoms in total. The number of carbonyl (C=O) groups excluding carboxylic acids is 3. The molecule has 1 aromatic carbocycles. The third-order valence-electron chi connectivity index (χ3n) is 4.81. The van der Waals surface area contributed by atoms with Crippen LogP contribution in [0.3, 0.4) is 0 Å². The highest BCUT2D eigenvalue weighted by Gasteiger charge is 2.36. The number of rotatable bonds is 8. The van der Waals surface area contributed by atoms with Crippen molar-refractivity contribution in [2.45, 2.75) is 32.6 Å². The van der Waals surface area contributed by atoms with Gasteiger partial charge in [0.15, 0.2) is 0 Å². The predicted molar refractivity (Wildman–Crippen MR) is 112 cm³/mol. The number of nitrogens with zero attached hydrogens (tertiary/aromatic N) is 2. The first kappa shape index (κ1) is 22.6. The van der Waals surface area contributed by atoms with E-state index in [1.54, 1.807) is 13.8 Å². The summed E-state index contributed by atoms with van der Waals surface area (Å²) in [6.07, 6.45) is 0. The summed E-state index contributed by atoms with van der Waals surface area (Å²) in [7, 11) is -3.76. The van der Waals surface area contributed by atoms with E-state index in [0.717, 1.165) is 0 Å². The lowest BCUT2D eigenvalue weighted by atomic mass is 10.1. The zero-order chi connectivity index (χ0) is 22.9. The van der Waals surface area contributed by atoms with Crippen LogP contribution in [0.4, 0.5) is 0 Å². The maximum absolute atomic E-state index is 12.5. The van der Waals surface area contributed by atoms with E-state index in [9.17, 15) is 22.8 Å². The van der Waals surface area contributed by atoms with Gasteiger partial charge in [0.2, 0.25) is 10.0 Å². The number of fused-ring (bicyclic) bond motifs is 1. The molecule has 0 unspecified atom stereocenters. The Bertz CT molecular complexity index is 1130. The Balaban J connectivity index is 1.61. The third-order valence-corrected chi connectivity index (χ3v) is 6.54. The molecule has 1 aliphatic rings. The second-order valence-corrected chi connectivity index (χ2v) is 9.50. The molecule has 2 aromatic rings. The zero-order valence-electron chi connectivity index (χ0n) is 17.8. The summed E-state index contributed by atoms with van der Waals surface area (Å²) < 4.78 is 27.2. The standard InChI is InChI=1S/C20H25N5O5S/c1-11(2)10-25-19(27)15-6-5-14(9-16(15)20(25)28)18(26)21-7-8-22-31(29,30)17-12(3)23-24-13(17)4/h5-6,9,11,22H,7-8,10H2,1-4H3,(H,21,26)(H,23,24). The van der Waals surface area contributed by atoms with Crippen LogP contribution in [-0.2, 0) is 10.0 Å². The van der Waals surface area contributed by atoms with E-state index in [-0.39, 0.29) is 46.5 Å². The van der Waals surface area contributed by atoms with Crippen molar-refractivity contribution in [3.05, 3.63) is 46.3 Å². The molecular weight excluding hydrogens is 422 g/mol. The van der Waals surface area contributed by atoms with Gasteiger partial charge in [-0.2, -0.15) is 5.10 Å². The zero-order valence-corrected chi connectivity index (χ0v) is 18.6. The summed E-state index contributed by atoms with van der Waals surface area (Å²) in [4.78, 5) is 38.7. The van der Waals surface area contributed by atoms with Gasteiger partial charge in [-0.3, -0.25) is 24.4 Å². The highest BCUT2D eigenvalue weighted by molar-refractivity contribution is 7.89. The first-order valence-corrected chi connectivity index (χ1v) is 11.3. The lowest BCUT2D eigenvalue weighted by Gasteiger charge is -2.15. The number of nitrogens with one attached hydrogen (secondary N) is 3. The molecule has 0 saturated heterocycles. The number of benzene rings is 1. The van der Waals surface area contributed by atoms with Crippen LogP contribution in [0.5, 0.6) is 0 Å². The van der Waals surface area contributed by atoms with Gasteiger partial charge < -0.3 is 5.32 Å². The van der Waals surface area contributed by atoms with Crippen LogP contribution in [0.15, 0.2) is 23.1 Å². The van der Waals surface area contributed by atoms with E-state index in [4.69, 9.17) is 0 Å². The Labute approximate surface area is 180 Å². The minimum Gasteiger partial charge on any atom is -0.351 e. The smallest absolute Gasteiger partial charge is 0.261 e. The minimum absolute atomic E-state index is 0.0251. The monoisotopic (exact) mass is 447 g/mol. The van der Waals surface area contributed by atoms with E-state index in [1.807, 2.05) is 13.8 Å². The average Bonchev–Trinajstić information content (AvgIpc) is 3.16. The summed E-state index contributed by atoms with van der Waals surface area (Å²) >= 11 is 0. The molecule has 3 amide bonds. The quantitative estimate of drug-likeness (QED) is 0.407. The molecule has 0 aliphatic carbocycles. The van der Waals surface area contributed by atoms with Crippen LogP contribution >= 0.6 is 0 Å². The Kier molecular flexibility index (Phi) is 6.27. The summed E-state index contributed by atoms with van der Waals surface area (Å²) in [6.45, 7) is 7.34. The van der Waals surface area contributed by atoms with E-state index in [2.05, 4.69) is 20.2 Å². The molecule has 0 bridgehead atoms. The Morgan fingerprint density at radius 1 is 1.13 bits per heavy atom. The van der Waals surface area contributed by atoms with Gasteiger partial charge in [0.05, 0.1) is 22.5 Å². The molecular formula is C20H25N5O5S. The molecule has 0 atom stereocenters. The van der Waals surface area contributed by atoms with Crippen LogP contribution in [0.25, 0.3) is 0 Å². The molecule has 1 aliphatic heterocycles. The van der Waals surface area contributed by atoms with E-state index in [0.29, 0.717) is 17.9 Å². The number of carbonyl (C=O) groups is 3. The average molecular weight is 448 g/mol. The Morgan fingerprint density at radius 2 is 1.81 bits per heavy atom. The van der Waals surface area contributed by atoms with Crippen LogP contribution < -0.4 is 10.0 Å². The molecule has 11 heteroatoms. The second-order valence-electron chi connectivity index (χ2n) is 7.79. The van der Waals surface area contributed by atoms with E-state index in [1.165, 1.54) is 23.1 Å². The molecule has 3 rings (SSSR count). The van der Waals surface area contributed by atoms with Gasteiger partial charge in [-0.05, 0) is 38.0 Å². The normalized spacial score (nSPS) is 13.8. The fourth-order valence-corrected chi connectivity index (χ4v) is 4.83. The molecule has 31 heavy (non-hydrogen) atoms. The van der Waals surface area contributed by atoms with Gasteiger partial charge in [-0.1, -0.05) is 13.8 Å². The lowest BCUT2D eigenvalue weighted by Crippen LogP contribution is -2.35. The second kappa shape index (κ2) is 8.60. The fraction of sp³-hybridized carbons (Fsp3) is 0.400. The molecule has 0 fully saturated rings. The van der Waals surface area contributed by atoms with Gasteiger partial charge >= 0.3 is 0 Å². The number of amides is 3. The maximum atomic E-state index is 12.5. The number of hydrogen-bond donors (Lipinski definition) is 3. The summed E-state index contributed by atoms with van der Waals surface area (Å²) in [6, 6.07) is 4.34.